The van der Waals surface area contributed by atoms with Crippen molar-refractivity contribution in [3.05, 3.63) is 58.3 Å². The topological polar surface area (TPSA) is 78.5 Å². The van der Waals surface area contributed by atoms with Crippen LogP contribution in [-0.2, 0) is 9.59 Å². The van der Waals surface area contributed by atoms with Crippen molar-refractivity contribution in [2.75, 3.05) is 6.54 Å². The van der Waals surface area contributed by atoms with Gasteiger partial charge in [-0.05, 0) is 30.9 Å². The van der Waals surface area contributed by atoms with E-state index in [1.165, 1.54) is 11.3 Å². The van der Waals surface area contributed by atoms with E-state index in [0.717, 1.165) is 15.3 Å². The number of thiophene rings is 1. The maximum Gasteiger partial charge on any atom is 0.325 e. The predicted molar refractivity (Wildman–Crippen MR) is 95.1 cm³/mol. The largest absolute Gasteiger partial charge is 0.343 e. The summed E-state index contributed by atoms with van der Waals surface area (Å²) >= 11 is 1.54. The molecule has 1 unspecified atom stereocenters. The number of hydrogen-bond acceptors (Lipinski definition) is 4. The molecule has 6 nitrogen and oxygen atoms in total. The third-order valence-corrected chi connectivity index (χ3v) is 4.95. The zero-order valence-corrected chi connectivity index (χ0v) is 14.8. The molecule has 0 saturated carbocycles. The molecule has 3 rings (SSSR count). The first-order valence-electron chi connectivity index (χ1n) is 7.90. The van der Waals surface area contributed by atoms with Crippen LogP contribution in [0, 0.1) is 0 Å². The Hall–Kier alpha value is -2.67. The SMILES string of the molecule is CC1(C)NC(=O)N(CC(=O)NC(c2ccccc2)c2cccs2)C1=O. The number of carbonyl (C=O) groups excluding carboxylic acids is 3. The van der Waals surface area contributed by atoms with Gasteiger partial charge in [0.05, 0.1) is 6.04 Å². The number of imide groups is 1. The second-order valence-corrected chi connectivity index (χ2v) is 7.35. The molecule has 1 aliphatic rings. The average Bonchev–Trinajstić information content (AvgIpc) is 3.17. The highest BCUT2D eigenvalue weighted by atomic mass is 32.1. The van der Waals surface area contributed by atoms with Crippen molar-refractivity contribution in [1.82, 2.24) is 15.5 Å². The van der Waals surface area contributed by atoms with Crippen molar-refractivity contribution >= 4 is 29.2 Å². The van der Waals surface area contributed by atoms with E-state index in [0.29, 0.717) is 0 Å². The lowest BCUT2D eigenvalue weighted by atomic mass is 10.1. The molecule has 0 aliphatic carbocycles. The van der Waals surface area contributed by atoms with Crippen LogP contribution in [0.5, 0.6) is 0 Å². The molecule has 25 heavy (non-hydrogen) atoms. The van der Waals surface area contributed by atoms with E-state index >= 15 is 0 Å². The van der Waals surface area contributed by atoms with Crippen LogP contribution in [0.3, 0.4) is 0 Å². The second-order valence-electron chi connectivity index (χ2n) is 6.37. The Labute approximate surface area is 149 Å². The number of rotatable bonds is 5. The van der Waals surface area contributed by atoms with Crippen LogP contribution in [0.15, 0.2) is 47.8 Å². The lowest BCUT2D eigenvalue weighted by Crippen LogP contribution is -2.43. The minimum absolute atomic E-state index is 0.303. The fraction of sp³-hybridized carbons (Fsp3) is 0.278. The first-order chi connectivity index (χ1) is 11.9. The quantitative estimate of drug-likeness (QED) is 0.806. The predicted octanol–water partition coefficient (Wildman–Crippen LogP) is 2.28. The maximum atomic E-state index is 12.5. The van der Waals surface area contributed by atoms with Gasteiger partial charge in [0.2, 0.25) is 5.91 Å². The van der Waals surface area contributed by atoms with Crippen LogP contribution in [0.1, 0.15) is 30.3 Å². The van der Waals surface area contributed by atoms with E-state index in [2.05, 4.69) is 10.6 Å². The number of benzene rings is 1. The van der Waals surface area contributed by atoms with Gasteiger partial charge in [0.1, 0.15) is 12.1 Å². The second kappa shape index (κ2) is 6.68. The van der Waals surface area contributed by atoms with Crippen molar-refractivity contribution in [3.63, 3.8) is 0 Å². The molecular formula is C18H19N3O3S. The number of nitrogens with one attached hydrogen (secondary N) is 2. The number of carbonyl (C=O) groups is 3. The summed E-state index contributed by atoms with van der Waals surface area (Å²) in [6.45, 7) is 2.93. The van der Waals surface area contributed by atoms with Crippen molar-refractivity contribution in [2.45, 2.75) is 25.4 Å². The van der Waals surface area contributed by atoms with Gasteiger partial charge in [-0.3, -0.25) is 14.5 Å². The summed E-state index contributed by atoms with van der Waals surface area (Å²) in [6, 6.07) is 12.6. The molecule has 1 aromatic carbocycles. The Morgan fingerprint density at radius 2 is 1.92 bits per heavy atom. The van der Waals surface area contributed by atoms with Crippen molar-refractivity contribution in [3.8, 4) is 0 Å². The van der Waals surface area contributed by atoms with Crippen LogP contribution in [0.2, 0.25) is 0 Å². The fourth-order valence-corrected chi connectivity index (χ4v) is 3.53. The summed E-state index contributed by atoms with van der Waals surface area (Å²) in [5.74, 6) is -0.788. The molecular weight excluding hydrogens is 338 g/mol. The number of nitrogens with zero attached hydrogens (tertiary/aromatic N) is 1. The molecule has 0 radical (unpaired) electrons. The van der Waals surface area contributed by atoms with E-state index < -0.39 is 17.5 Å². The minimum Gasteiger partial charge on any atom is -0.343 e. The molecule has 4 amide bonds. The lowest BCUT2D eigenvalue weighted by Gasteiger charge is -2.20. The van der Waals surface area contributed by atoms with Gasteiger partial charge in [0.15, 0.2) is 0 Å². The number of amides is 4. The molecule has 2 aromatic rings. The normalized spacial score (nSPS) is 17.3. The Morgan fingerprint density at radius 1 is 1.20 bits per heavy atom. The third-order valence-electron chi connectivity index (χ3n) is 4.01. The zero-order chi connectivity index (χ0) is 18.0. The smallest absolute Gasteiger partial charge is 0.325 e. The lowest BCUT2D eigenvalue weighted by molar-refractivity contribution is -0.134. The molecule has 0 bridgehead atoms. The molecule has 7 heteroatoms. The average molecular weight is 357 g/mol. The van der Waals surface area contributed by atoms with Crippen LogP contribution < -0.4 is 10.6 Å². The van der Waals surface area contributed by atoms with Crippen molar-refractivity contribution in [2.24, 2.45) is 0 Å². The minimum atomic E-state index is -0.982. The summed E-state index contributed by atoms with van der Waals surface area (Å²) < 4.78 is 0. The van der Waals surface area contributed by atoms with Crippen LogP contribution in [0.4, 0.5) is 4.79 Å². The fourth-order valence-electron chi connectivity index (χ4n) is 2.73. The van der Waals surface area contributed by atoms with Gasteiger partial charge >= 0.3 is 6.03 Å². The number of hydrogen-bond donors (Lipinski definition) is 2. The summed E-state index contributed by atoms with van der Waals surface area (Å²) in [6.07, 6.45) is 0. The summed E-state index contributed by atoms with van der Waals surface area (Å²) in [7, 11) is 0. The Bertz CT molecular complexity index is 787. The highest BCUT2D eigenvalue weighted by molar-refractivity contribution is 7.10. The van der Waals surface area contributed by atoms with E-state index in [1.807, 2.05) is 47.8 Å². The first-order valence-corrected chi connectivity index (χ1v) is 8.78. The highest BCUT2D eigenvalue weighted by Gasteiger charge is 2.45. The van der Waals surface area contributed by atoms with Gasteiger partial charge in [-0.15, -0.1) is 11.3 Å². The Morgan fingerprint density at radius 3 is 2.48 bits per heavy atom. The molecule has 1 aromatic heterocycles. The van der Waals surface area contributed by atoms with Crippen LogP contribution in [-0.4, -0.2) is 34.8 Å². The van der Waals surface area contributed by atoms with Gasteiger partial charge in [-0.2, -0.15) is 0 Å². The van der Waals surface area contributed by atoms with Crippen LogP contribution in [0.25, 0.3) is 0 Å². The Balaban J connectivity index is 1.76. The van der Waals surface area contributed by atoms with E-state index in [-0.39, 0.29) is 18.5 Å². The Kier molecular flexibility index (Phi) is 4.59. The monoisotopic (exact) mass is 357 g/mol. The molecule has 1 aliphatic heterocycles. The third kappa shape index (κ3) is 3.56. The molecule has 1 saturated heterocycles. The van der Waals surface area contributed by atoms with Gasteiger partial charge in [-0.1, -0.05) is 36.4 Å². The van der Waals surface area contributed by atoms with Gasteiger partial charge < -0.3 is 10.6 Å². The molecule has 130 valence electrons. The van der Waals surface area contributed by atoms with E-state index in [4.69, 9.17) is 0 Å². The summed E-state index contributed by atoms with van der Waals surface area (Å²) in [5, 5.41) is 7.44. The van der Waals surface area contributed by atoms with Gasteiger partial charge in [-0.25, -0.2) is 4.79 Å². The zero-order valence-electron chi connectivity index (χ0n) is 14.0. The first kappa shape index (κ1) is 17.2. The maximum absolute atomic E-state index is 12.5. The molecule has 2 N–H and O–H groups in total. The highest BCUT2D eigenvalue weighted by Crippen LogP contribution is 2.26. The van der Waals surface area contributed by atoms with Gasteiger partial charge in [0, 0.05) is 4.88 Å². The summed E-state index contributed by atoms with van der Waals surface area (Å²) in [5.41, 5.74) is -0.0416. The van der Waals surface area contributed by atoms with Crippen molar-refractivity contribution < 1.29 is 14.4 Å². The molecule has 1 atom stereocenters. The standard InChI is InChI=1S/C18H19N3O3S/c1-18(2)16(23)21(17(24)20-18)11-14(22)19-15(13-9-6-10-25-13)12-7-4-3-5-8-12/h3-10,15H,11H2,1-2H3,(H,19,22)(H,20,24). The van der Waals surface area contributed by atoms with Crippen molar-refractivity contribution in [1.29, 1.82) is 0 Å². The van der Waals surface area contributed by atoms with E-state index in [1.54, 1.807) is 13.8 Å². The summed E-state index contributed by atoms with van der Waals surface area (Å²) in [4.78, 5) is 38.6. The molecule has 2 heterocycles. The molecule has 1 fully saturated rings. The van der Waals surface area contributed by atoms with Gasteiger partial charge in [0.25, 0.3) is 5.91 Å². The van der Waals surface area contributed by atoms with E-state index in [9.17, 15) is 14.4 Å². The number of urea groups is 1. The van der Waals surface area contributed by atoms with Crippen LogP contribution >= 0.6 is 11.3 Å². The molecule has 0 spiro atoms.